The molecule has 0 saturated carbocycles. The molecule has 6 aromatic rings. The molecule has 0 aliphatic carbocycles. The van der Waals surface area contributed by atoms with Crippen LogP contribution in [0.5, 0.6) is 5.75 Å². The maximum Gasteiger partial charge on any atom is 0.200 e. The van der Waals surface area contributed by atoms with E-state index in [1.165, 1.54) is 6.26 Å². The van der Waals surface area contributed by atoms with Crippen LogP contribution in [0, 0.1) is 0 Å². The lowest BCUT2D eigenvalue weighted by Crippen LogP contribution is -2.05. The van der Waals surface area contributed by atoms with Crippen molar-refractivity contribution in [2.45, 2.75) is 6.61 Å². The highest BCUT2D eigenvalue weighted by Crippen LogP contribution is 2.26. The summed E-state index contributed by atoms with van der Waals surface area (Å²) in [6.45, 7) is 0.359. The van der Waals surface area contributed by atoms with Gasteiger partial charge < -0.3 is 9.15 Å². The average Bonchev–Trinajstić information content (AvgIpc) is 3.37. The number of para-hydroxylation sites is 1. The van der Waals surface area contributed by atoms with Crippen LogP contribution < -0.4 is 10.2 Å². The van der Waals surface area contributed by atoms with Gasteiger partial charge >= 0.3 is 0 Å². The van der Waals surface area contributed by atoms with E-state index in [-0.39, 0.29) is 5.43 Å². The van der Waals surface area contributed by atoms with E-state index in [0.29, 0.717) is 28.9 Å². The van der Waals surface area contributed by atoms with Crippen molar-refractivity contribution in [1.82, 2.24) is 9.78 Å². The summed E-state index contributed by atoms with van der Waals surface area (Å²) in [5.74, 6) is 0.626. The van der Waals surface area contributed by atoms with Crippen molar-refractivity contribution in [2.75, 3.05) is 0 Å². The first-order valence-corrected chi connectivity index (χ1v) is 11.0. The highest BCUT2D eigenvalue weighted by atomic mass is 16.5. The van der Waals surface area contributed by atoms with Crippen molar-refractivity contribution in [3.8, 4) is 22.6 Å². The maximum atomic E-state index is 13.2. The summed E-state index contributed by atoms with van der Waals surface area (Å²) in [6.07, 6.45) is 5.25. The van der Waals surface area contributed by atoms with Crippen LogP contribution in [0.2, 0.25) is 0 Å². The van der Waals surface area contributed by atoms with Crippen molar-refractivity contribution in [1.29, 1.82) is 0 Å². The Kier molecular flexibility index (Phi) is 4.92. The normalized spacial score (nSPS) is 11.2. The summed E-state index contributed by atoms with van der Waals surface area (Å²) in [5.41, 5.74) is 3.74. The van der Waals surface area contributed by atoms with Gasteiger partial charge in [-0.05, 0) is 46.7 Å². The largest absolute Gasteiger partial charge is 0.489 e. The van der Waals surface area contributed by atoms with Gasteiger partial charge in [-0.2, -0.15) is 5.10 Å². The van der Waals surface area contributed by atoms with Crippen molar-refractivity contribution < 1.29 is 9.15 Å². The first-order chi connectivity index (χ1) is 16.7. The molecule has 0 N–H and O–H groups in total. The molecule has 5 heteroatoms. The van der Waals surface area contributed by atoms with Crippen LogP contribution in [0.3, 0.4) is 0 Å². The van der Waals surface area contributed by atoms with Gasteiger partial charge in [0.25, 0.3) is 0 Å². The Hall–Kier alpha value is -4.64. The molecule has 6 rings (SSSR count). The summed E-state index contributed by atoms with van der Waals surface area (Å²) >= 11 is 0. The fraction of sp³-hybridized carbons (Fsp3) is 0.0345. The van der Waals surface area contributed by atoms with Crippen molar-refractivity contribution in [3.05, 3.63) is 125 Å². The second-order valence-electron chi connectivity index (χ2n) is 8.12. The zero-order valence-electron chi connectivity index (χ0n) is 18.2. The van der Waals surface area contributed by atoms with E-state index in [2.05, 4.69) is 11.2 Å². The number of ether oxygens (including phenoxy) is 1. The number of benzene rings is 4. The molecule has 4 aromatic carbocycles. The number of hydrogen-bond acceptors (Lipinski definition) is 4. The standard InChI is InChI=1S/C29H20N2O3/c32-29-26-13-12-25(33-18-20-16-30-31(17-20)24-8-2-1-3-9-24)15-28(26)34-19-27(29)23-11-10-21-6-4-5-7-22(21)14-23/h1-17,19H,18H2. The molecule has 0 spiro atoms. The molecular formula is C29H20N2O3. The van der Waals surface area contributed by atoms with Gasteiger partial charge in [0, 0.05) is 17.8 Å². The highest BCUT2D eigenvalue weighted by Gasteiger charge is 2.11. The predicted molar refractivity (Wildman–Crippen MR) is 133 cm³/mol. The molecule has 0 unspecified atom stereocenters. The van der Waals surface area contributed by atoms with E-state index in [0.717, 1.165) is 27.6 Å². The number of aromatic nitrogens is 2. The van der Waals surface area contributed by atoms with Gasteiger partial charge in [0.2, 0.25) is 0 Å². The Balaban J connectivity index is 1.24. The minimum atomic E-state index is -0.0628. The Morgan fingerprint density at radius 1 is 0.853 bits per heavy atom. The highest BCUT2D eigenvalue weighted by molar-refractivity contribution is 5.89. The van der Waals surface area contributed by atoms with E-state index in [1.807, 2.05) is 77.6 Å². The number of hydrogen-bond donors (Lipinski definition) is 0. The summed E-state index contributed by atoms with van der Waals surface area (Å²) < 4.78 is 13.6. The molecule has 0 bridgehead atoms. The van der Waals surface area contributed by atoms with Gasteiger partial charge in [-0.3, -0.25) is 4.79 Å². The van der Waals surface area contributed by atoms with Crippen LogP contribution in [0.25, 0.3) is 38.6 Å². The van der Waals surface area contributed by atoms with Crippen LogP contribution in [-0.2, 0) is 6.61 Å². The van der Waals surface area contributed by atoms with Gasteiger partial charge in [0.05, 0.1) is 22.8 Å². The maximum absolute atomic E-state index is 13.2. The summed E-state index contributed by atoms with van der Waals surface area (Å²) in [7, 11) is 0. The second kappa shape index (κ2) is 8.37. The van der Waals surface area contributed by atoms with E-state index >= 15 is 0 Å². The third kappa shape index (κ3) is 3.73. The molecule has 5 nitrogen and oxygen atoms in total. The van der Waals surface area contributed by atoms with Gasteiger partial charge in [0.15, 0.2) is 5.43 Å². The van der Waals surface area contributed by atoms with E-state index < -0.39 is 0 Å². The van der Waals surface area contributed by atoms with Gasteiger partial charge in [-0.25, -0.2) is 4.68 Å². The smallest absolute Gasteiger partial charge is 0.200 e. The predicted octanol–water partition coefficient (Wildman–Crippen LogP) is 6.38. The molecule has 2 heterocycles. The van der Waals surface area contributed by atoms with Gasteiger partial charge in [-0.1, -0.05) is 54.6 Å². The SMILES string of the molecule is O=c1c(-c2ccc3ccccc3c2)coc2cc(OCc3cnn(-c4ccccc4)c3)ccc12. The van der Waals surface area contributed by atoms with Gasteiger partial charge in [0.1, 0.15) is 24.2 Å². The number of nitrogens with zero attached hydrogens (tertiary/aromatic N) is 2. The topological polar surface area (TPSA) is 57.3 Å². The monoisotopic (exact) mass is 444 g/mol. The minimum absolute atomic E-state index is 0.0628. The van der Waals surface area contributed by atoms with Crippen molar-refractivity contribution >= 4 is 21.7 Å². The van der Waals surface area contributed by atoms with E-state index in [9.17, 15) is 4.79 Å². The summed E-state index contributed by atoms with van der Waals surface area (Å²) in [5, 5.41) is 7.13. The lowest BCUT2D eigenvalue weighted by atomic mass is 10.0. The molecule has 0 aliphatic heterocycles. The van der Waals surface area contributed by atoms with Crippen LogP contribution >= 0.6 is 0 Å². The Bertz CT molecular complexity index is 1680. The van der Waals surface area contributed by atoms with Crippen LogP contribution in [0.1, 0.15) is 5.56 Å². The van der Waals surface area contributed by atoms with Crippen molar-refractivity contribution in [2.24, 2.45) is 0 Å². The molecule has 0 atom stereocenters. The Labute approximate surface area is 195 Å². The van der Waals surface area contributed by atoms with E-state index in [1.54, 1.807) is 24.4 Å². The first-order valence-electron chi connectivity index (χ1n) is 11.0. The molecule has 34 heavy (non-hydrogen) atoms. The average molecular weight is 444 g/mol. The van der Waals surface area contributed by atoms with Crippen LogP contribution in [-0.4, -0.2) is 9.78 Å². The third-order valence-corrected chi connectivity index (χ3v) is 5.87. The lowest BCUT2D eigenvalue weighted by Gasteiger charge is -2.07. The fourth-order valence-electron chi connectivity index (χ4n) is 4.08. The molecule has 2 aromatic heterocycles. The Morgan fingerprint density at radius 2 is 1.68 bits per heavy atom. The molecule has 0 aliphatic rings. The van der Waals surface area contributed by atoms with Crippen molar-refractivity contribution in [3.63, 3.8) is 0 Å². The molecule has 0 radical (unpaired) electrons. The first kappa shape index (κ1) is 20.0. The van der Waals surface area contributed by atoms with Crippen LogP contribution in [0.4, 0.5) is 0 Å². The quantitative estimate of drug-likeness (QED) is 0.310. The summed E-state index contributed by atoms with van der Waals surface area (Å²) in [6, 6.07) is 29.3. The van der Waals surface area contributed by atoms with Gasteiger partial charge in [-0.15, -0.1) is 0 Å². The molecule has 0 saturated heterocycles. The zero-order valence-corrected chi connectivity index (χ0v) is 18.2. The lowest BCUT2D eigenvalue weighted by molar-refractivity contribution is 0.306. The Morgan fingerprint density at radius 3 is 2.56 bits per heavy atom. The van der Waals surface area contributed by atoms with Crippen LogP contribution in [0.15, 0.2) is 119 Å². The molecule has 0 fully saturated rings. The molecule has 164 valence electrons. The molecule has 0 amide bonds. The zero-order chi connectivity index (χ0) is 22.9. The minimum Gasteiger partial charge on any atom is -0.489 e. The fourth-order valence-corrected chi connectivity index (χ4v) is 4.08. The third-order valence-electron chi connectivity index (χ3n) is 5.87. The second-order valence-corrected chi connectivity index (χ2v) is 8.12. The summed E-state index contributed by atoms with van der Waals surface area (Å²) in [4.78, 5) is 13.2. The molecular weight excluding hydrogens is 424 g/mol. The van der Waals surface area contributed by atoms with E-state index in [4.69, 9.17) is 9.15 Å². The number of rotatable bonds is 5. The number of fused-ring (bicyclic) bond motifs is 2.